The van der Waals surface area contributed by atoms with Crippen LogP contribution in [0.4, 0.5) is 51.2 Å². The Morgan fingerprint density at radius 3 is 1.28 bits per heavy atom. The Labute approximate surface area is 385 Å². The van der Waals surface area contributed by atoms with Gasteiger partial charge in [-0.3, -0.25) is 0 Å². The molecule has 0 aliphatic carbocycles. The van der Waals surface area contributed by atoms with E-state index in [0.717, 1.165) is 50.4 Å². The van der Waals surface area contributed by atoms with Gasteiger partial charge in [0.25, 0.3) is 0 Å². The summed E-state index contributed by atoms with van der Waals surface area (Å²) in [5.74, 6) is 0. The zero-order chi connectivity index (χ0) is 43.7. The van der Waals surface area contributed by atoms with E-state index in [9.17, 15) is 0 Å². The highest BCUT2D eigenvalue weighted by atomic mass is 32.1. The molecule has 2 heterocycles. The van der Waals surface area contributed by atoms with Crippen LogP contribution in [0.25, 0.3) is 32.8 Å². The molecule has 1 aromatic heterocycles. The summed E-state index contributed by atoms with van der Waals surface area (Å²) in [6, 6.07) is 83.3. The zero-order valence-electron chi connectivity index (χ0n) is 36.3. The predicted molar refractivity (Wildman–Crippen MR) is 275 cm³/mol. The van der Waals surface area contributed by atoms with E-state index in [1.165, 1.54) is 44.8 Å². The van der Waals surface area contributed by atoms with Crippen LogP contribution in [0.3, 0.4) is 0 Å². The summed E-state index contributed by atoms with van der Waals surface area (Å²) in [6.07, 6.45) is 1.86. The molecular formula is C60H46N4S. The van der Waals surface area contributed by atoms with Crippen LogP contribution in [-0.4, -0.2) is 4.98 Å². The lowest BCUT2D eigenvalue weighted by molar-refractivity contribution is 0.632. The van der Waals surface area contributed by atoms with E-state index in [2.05, 4.69) is 264 Å². The fraction of sp³-hybridized carbons (Fsp3) is 0.0500. The Kier molecular flexibility index (Phi) is 10.4. The molecule has 0 bridgehead atoms. The lowest BCUT2D eigenvalue weighted by Crippen LogP contribution is -2.31. The van der Waals surface area contributed by atoms with Gasteiger partial charge in [0, 0.05) is 62.4 Å². The SMILES string of the molecule is CC1(C)c2cc(N(c3ccccc3)c3ccccc3)ccc2N(c2ccccc2)c2ccc(N(c3ccccc3)c3ccc(-c4ccc(-c5cccc(-c6nccs6)c5)cc4)cc3)cc21. The number of fused-ring (bicyclic) bond motifs is 2. The van der Waals surface area contributed by atoms with Crippen molar-refractivity contribution in [2.24, 2.45) is 0 Å². The average molecular weight is 855 g/mol. The van der Waals surface area contributed by atoms with E-state index < -0.39 is 0 Å². The van der Waals surface area contributed by atoms with Crippen LogP contribution in [0.5, 0.6) is 0 Å². The number of para-hydroxylation sites is 4. The second-order valence-electron chi connectivity index (χ2n) is 16.9. The van der Waals surface area contributed by atoms with Gasteiger partial charge in [0.2, 0.25) is 0 Å². The molecule has 65 heavy (non-hydrogen) atoms. The van der Waals surface area contributed by atoms with Crippen molar-refractivity contribution in [2.75, 3.05) is 14.7 Å². The summed E-state index contributed by atoms with van der Waals surface area (Å²) < 4.78 is 0. The molecule has 11 rings (SSSR count). The number of nitrogens with zero attached hydrogens (tertiary/aromatic N) is 4. The van der Waals surface area contributed by atoms with Crippen LogP contribution >= 0.6 is 11.3 Å². The molecule has 1 aliphatic heterocycles. The quantitative estimate of drug-likeness (QED) is 0.137. The molecule has 0 amide bonds. The first kappa shape index (κ1) is 39.8. The molecule has 1 aliphatic rings. The highest BCUT2D eigenvalue weighted by molar-refractivity contribution is 7.13. The van der Waals surface area contributed by atoms with Gasteiger partial charge in [-0.1, -0.05) is 141 Å². The number of anilines is 9. The Hall–Kier alpha value is -7.99. The van der Waals surface area contributed by atoms with Crippen molar-refractivity contribution in [3.8, 4) is 32.8 Å². The van der Waals surface area contributed by atoms with E-state index in [1.807, 2.05) is 11.6 Å². The molecule has 9 aromatic carbocycles. The van der Waals surface area contributed by atoms with Gasteiger partial charge >= 0.3 is 0 Å². The van der Waals surface area contributed by atoms with Crippen LogP contribution in [0.2, 0.25) is 0 Å². The second-order valence-corrected chi connectivity index (χ2v) is 17.8. The number of hydrogen-bond donors (Lipinski definition) is 0. The second kappa shape index (κ2) is 16.9. The first-order chi connectivity index (χ1) is 32.0. The minimum Gasteiger partial charge on any atom is -0.310 e. The van der Waals surface area contributed by atoms with Gasteiger partial charge in [-0.2, -0.15) is 0 Å². The molecule has 0 unspecified atom stereocenters. The Balaban J connectivity index is 0.979. The van der Waals surface area contributed by atoms with Crippen LogP contribution in [0.15, 0.2) is 242 Å². The number of aromatic nitrogens is 1. The highest BCUT2D eigenvalue weighted by Crippen LogP contribution is 2.55. The largest absolute Gasteiger partial charge is 0.310 e. The van der Waals surface area contributed by atoms with Gasteiger partial charge in [0.15, 0.2) is 0 Å². The van der Waals surface area contributed by atoms with Crippen molar-refractivity contribution < 1.29 is 0 Å². The maximum Gasteiger partial charge on any atom is 0.123 e. The van der Waals surface area contributed by atoms with Crippen LogP contribution in [-0.2, 0) is 5.41 Å². The lowest BCUT2D eigenvalue weighted by atomic mass is 9.73. The summed E-state index contributed by atoms with van der Waals surface area (Å²) in [7, 11) is 0. The third-order valence-corrected chi connectivity index (χ3v) is 13.4. The smallest absolute Gasteiger partial charge is 0.123 e. The van der Waals surface area contributed by atoms with Crippen molar-refractivity contribution in [3.63, 3.8) is 0 Å². The van der Waals surface area contributed by atoms with Gasteiger partial charge in [0.05, 0.1) is 11.4 Å². The van der Waals surface area contributed by atoms with Gasteiger partial charge in [-0.25, -0.2) is 4.98 Å². The van der Waals surface area contributed by atoms with Crippen LogP contribution in [0.1, 0.15) is 25.0 Å². The van der Waals surface area contributed by atoms with Gasteiger partial charge < -0.3 is 14.7 Å². The number of rotatable bonds is 10. The average Bonchev–Trinajstić information content (AvgIpc) is 3.92. The topological polar surface area (TPSA) is 22.6 Å². The molecule has 0 spiro atoms. The number of benzene rings is 9. The molecule has 0 fully saturated rings. The molecule has 4 nitrogen and oxygen atoms in total. The number of thiazole rings is 1. The summed E-state index contributed by atoms with van der Waals surface area (Å²) in [6.45, 7) is 4.75. The normalized spacial score (nSPS) is 12.6. The van der Waals surface area contributed by atoms with E-state index in [1.54, 1.807) is 11.3 Å². The predicted octanol–water partition coefficient (Wildman–Crippen LogP) is 17.2. The molecular weight excluding hydrogens is 809 g/mol. The third kappa shape index (κ3) is 7.56. The van der Waals surface area contributed by atoms with Crippen molar-refractivity contribution in [3.05, 3.63) is 253 Å². The zero-order valence-corrected chi connectivity index (χ0v) is 37.1. The molecule has 10 aromatic rings. The molecule has 0 N–H and O–H groups in total. The standard InChI is InChI=1S/C60H46N4S/c1-60(2)55-41-53(62(48-18-7-3-8-19-48)49-20-9-4-10-21-49)34-36-57(55)64(51-24-13-6-14-25-51)58-37-35-54(42-56(58)60)63(50-22-11-5-12-23-50)52-32-30-44(31-33-52)43-26-28-45(29-27-43)46-16-15-17-47(40-46)59-61-38-39-65-59/h3-42H,1-2H3. The van der Waals surface area contributed by atoms with E-state index in [0.29, 0.717) is 0 Å². The maximum atomic E-state index is 4.52. The first-order valence-corrected chi connectivity index (χ1v) is 23.0. The van der Waals surface area contributed by atoms with Gasteiger partial charge in [-0.05, 0) is 137 Å². The lowest BCUT2D eigenvalue weighted by Gasteiger charge is -2.43. The van der Waals surface area contributed by atoms with Gasteiger partial charge in [0.1, 0.15) is 5.01 Å². The maximum absolute atomic E-state index is 4.52. The summed E-state index contributed by atoms with van der Waals surface area (Å²) in [5.41, 5.74) is 18.1. The minimum absolute atomic E-state index is 0.360. The van der Waals surface area contributed by atoms with Crippen LogP contribution < -0.4 is 14.7 Å². The molecule has 5 heteroatoms. The van der Waals surface area contributed by atoms with Crippen molar-refractivity contribution in [2.45, 2.75) is 19.3 Å². The minimum atomic E-state index is -0.360. The molecule has 0 atom stereocenters. The Bertz CT molecular complexity index is 3170. The Morgan fingerprint density at radius 1 is 0.385 bits per heavy atom. The van der Waals surface area contributed by atoms with Crippen molar-refractivity contribution in [1.29, 1.82) is 0 Å². The fourth-order valence-electron chi connectivity index (χ4n) is 9.33. The number of hydrogen-bond acceptors (Lipinski definition) is 5. The summed E-state index contributed by atoms with van der Waals surface area (Å²) >= 11 is 1.66. The van der Waals surface area contributed by atoms with Crippen LogP contribution in [0, 0.1) is 0 Å². The van der Waals surface area contributed by atoms with E-state index >= 15 is 0 Å². The molecule has 0 radical (unpaired) electrons. The first-order valence-electron chi connectivity index (χ1n) is 22.1. The summed E-state index contributed by atoms with van der Waals surface area (Å²) in [4.78, 5) is 11.7. The van der Waals surface area contributed by atoms with Crippen molar-refractivity contribution in [1.82, 2.24) is 4.98 Å². The summed E-state index contributed by atoms with van der Waals surface area (Å²) in [5, 5.41) is 3.06. The van der Waals surface area contributed by atoms with Crippen molar-refractivity contribution >= 4 is 62.5 Å². The molecule has 0 saturated carbocycles. The molecule has 0 saturated heterocycles. The Morgan fingerprint density at radius 2 is 0.800 bits per heavy atom. The van der Waals surface area contributed by atoms with Gasteiger partial charge in [-0.15, -0.1) is 11.3 Å². The highest BCUT2D eigenvalue weighted by Gasteiger charge is 2.38. The molecule has 312 valence electrons. The van der Waals surface area contributed by atoms with E-state index in [4.69, 9.17) is 0 Å². The monoisotopic (exact) mass is 854 g/mol. The third-order valence-electron chi connectivity index (χ3n) is 12.6. The van der Waals surface area contributed by atoms with E-state index in [-0.39, 0.29) is 5.41 Å². The fourth-order valence-corrected chi connectivity index (χ4v) is 9.96.